The summed E-state index contributed by atoms with van der Waals surface area (Å²) in [5, 5.41) is 12.2. The van der Waals surface area contributed by atoms with Gasteiger partial charge in [0.2, 0.25) is 0 Å². The van der Waals surface area contributed by atoms with Crippen molar-refractivity contribution in [1.82, 2.24) is 10.3 Å². The molecule has 0 unspecified atom stereocenters. The lowest BCUT2D eigenvalue weighted by molar-refractivity contribution is -0.139. The first kappa shape index (κ1) is 24.7. The van der Waals surface area contributed by atoms with Crippen LogP contribution in [0.15, 0.2) is 67.0 Å². The second-order valence-electron chi connectivity index (χ2n) is 7.65. The third-order valence-electron chi connectivity index (χ3n) is 5.32. The summed E-state index contributed by atoms with van der Waals surface area (Å²) < 4.78 is 0. The Labute approximate surface area is 203 Å². The van der Waals surface area contributed by atoms with Gasteiger partial charge >= 0.3 is 5.97 Å². The minimum absolute atomic E-state index is 0.336. The smallest absolute Gasteiger partial charge is 0.326 e. The molecule has 7 heteroatoms. The molecule has 34 heavy (non-hydrogen) atoms. The third kappa shape index (κ3) is 6.12. The first-order valence-corrected chi connectivity index (χ1v) is 12.1. The van der Waals surface area contributed by atoms with Crippen LogP contribution in [0.25, 0.3) is 27.7 Å². The molecule has 3 aromatic rings. The topological polar surface area (TPSA) is 83.7 Å². The Hall–Kier alpha value is -3.89. The number of carboxylic acid groups (broad SMARTS) is 1. The number of aromatic nitrogens is 1. The quantitative estimate of drug-likeness (QED) is 0.408. The van der Waals surface area contributed by atoms with Crippen LogP contribution in [0.1, 0.15) is 33.5 Å². The highest BCUT2D eigenvalue weighted by atomic mass is 32.2. The van der Waals surface area contributed by atoms with E-state index in [4.69, 9.17) is 6.57 Å². The Morgan fingerprint density at radius 2 is 1.97 bits per heavy atom. The van der Waals surface area contributed by atoms with E-state index in [0.29, 0.717) is 34.6 Å². The number of hydrogen-bond donors (Lipinski definition) is 2. The number of aliphatic carboxylic acids is 1. The average Bonchev–Trinajstić information content (AvgIpc) is 2.85. The Bertz CT molecular complexity index is 1250. The van der Waals surface area contributed by atoms with Gasteiger partial charge in [0, 0.05) is 18.0 Å². The molecule has 0 saturated heterocycles. The second-order valence-corrected chi connectivity index (χ2v) is 8.63. The van der Waals surface area contributed by atoms with E-state index in [-0.39, 0.29) is 0 Å². The molecule has 0 aliphatic carbocycles. The Kier molecular flexibility index (Phi) is 8.60. The van der Waals surface area contributed by atoms with Crippen molar-refractivity contribution in [3.63, 3.8) is 0 Å². The number of thioether (sulfide) groups is 1. The van der Waals surface area contributed by atoms with Gasteiger partial charge in [0.25, 0.3) is 5.91 Å². The van der Waals surface area contributed by atoms with Crippen LogP contribution < -0.4 is 5.32 Å². The molecule has 6 nitrogen and oxygen atoms in total. The zero-order chi connectivity index (χ0) is 24.5. The number of hydrogen-bond acceptors (Lipinski definition) is 4. The van der Waals surface area contributed by atoms with Gasteiger partial charge in [-0.2, -0.15) is 11.8 Å². The molecule has 0 saturated carbocycles. The number of carbonyl (C=O) groups is 2. The standard InChI is InChI=1S/C27H25N3O3S/c1-18-7-4-5-9-21(18)23-15-19(16-25(28-2)20-8-6-13-29-17-20)10-11-22(23)26(31)30-24(27(32)33)12-14-34-3/h4-11,13,15-17,24H,12,14H2,1,3H3,(H,30,31)(H,32,33)/b25-16-/t24-/m0/s1. The summed E-state index contributed by atoms with van der Waals surface area (Å²) in [6.07, 6.45) is 7.27. The van der Waals surface area contributed by atoms with E-state index in [9.17, 15) is 14.7 Å². The number of aryl methyl sites for hydroxylation is 1. The molecule has 3 rings (SSSR count). The van der Waals surface area contributed by atoms with Gasteiger partial charge in [0.05, 0.1) is 6.57 Å². The second kappa shape index (κ2) is 11.8. The zero-order valence-corrected chi connectivity index (χ0v) is 19.8. The van der Waals surface area contributed by atoms with Crippen LogP contribution in [0.4, 0.5) is 0 Å². The van der Waals surface area contributed by atoms with Gasteiger partial charge in [-0.25, -0.2) is 9.64 Å². The number of amides is 1. The van der Waals surface area contributed by atoms with Crippen molar-refractivity contribution >= 4 is 35.4 Å². The molecule has 1 heterocycles. The third-order valence-corrected chi connectivity index (χ3v) is 5.96. The lowest BCUT2D eigenvalue weighted by atomic mass is 9.93. The van der Waals surface area contributed by atoms with Gasteiger partial charge < -0.3 is 10.4 Å². The maximum absolute atomic E-state index is 13.2. The zero-order valence-electron chi connectivity index (χ0n) is 19.0. The molecule has 0 aliphatic rings. The van der Waals surface area contributed by atoms with Crippen molar-refractivity contribution in [3.8, 4) is 11.1 Å². The number of carbonyl (C=O) groups excluding carboxylic acids is 1. The molecule has 2 aromatic carbocycles. The van der Waals surface area contributed by atoms with Crippen LogP contribution in [0.3, 0.4) is 0 Å². The summed E-state index contributed by atoms with van der Waals surface area (Å²) in [4.78, 5) is 32.6. The van der Waals surface area contributed by atoms with Gasteiger partial charge in [-0.15, -0.1) is 0 Å². The summed E-state index contributed by atoms with van der Waals surface area (Å²) in [6, 6.07) is 15.6. The first-order valence-electron chi connectivity index (χ1n) is 10.7. The fourth-order valence-corrected chi connectivity index (χ4v) is 4.00. The van der Waals surface area contributed by atoms with Crippen molar-refractivity contribution in [1.29, 1.82) is 0 Å². The number of pyridine rings is 1. The molecule has 0 radical (unpaired) electrons. The van der Waals surface area contributed by atoms with Crippen molar-refractivity contribution in [2.75, 3.05) is 12.0 Å². The lowest BCUT2D eigenvalue weighted by Gasteiger charge is -2.17. The molecule has 172 valence electrons. The van der Waals surface area contributed by atoms with Crippen LogP contribution in [0.5, 0.6) is 0 Å². The van der Waals surface area contributed by atoms with E-state index >= 15 is 0 Å². The Morgan fingerprint density at radius 1 is 1.18 bits per heavy atom. The van der Waals surface area contributed by atoms with Gasteiger partial charge in [0.15, 0.2) is 5.70 Å². The maximum Gasteiger partial charge on any atom is 0.326 e. The molecular formula is C27H25N3O3S. The van der Waals surface area contributed by atoms with Gasteiger partial charge in [0.1, 0.15) is 6.04 Å². The molecular weight excluding hydrogens is 446 g/mol. The largest absolute Gasteiger partial charge is 0.480 e. The highest BCUT2D eigenvalue weighted by Gasteiger charge is 2.22. The molecule has 1 atom stereocenters. The Morgan fingerprint density at radius 3 is 2.62 bits per heavy atom. The fraction of sp³-hybridized carbons (Fsp3) is 0.185. The van der Waals surface area contributed by atoms with Crippen molar-refractivity contribution in [2.45, 2.75) is 19.4 Å². The number of rotatable bonds is 9. The van der Waals surface area contributed by atoms with Crippen molar-refractivity contribution in [2.24, 2.45) is 0 Å². The maximum atomic E-state index is 13.2. The molecule has 0 fully saturated rings. The average molecular weight is 472 g/mol. The minimum atomic E-state index is -1.06. The molecule has 2 N–H and O–H groups in total. The highest BCUT2D eigenvalue weighted by molar-refractivity contribution is 7.98. The van der Waals surface area contributed by atoms with Gasteiger partial charge in [-0.05, 0) is 77.4 Å². The summed E-state index contributed by atoms with van der Waals surface area (Å²) in [6.45, 7) is 9.55. The van der Waals surface area contributed by atoms with Crippen LogP contribution in [-0.2, 0) is 4.79 Å². The van der Waals surface area contributed by atoms with E-state index in [0.717, 1.165) is 16.7 Å². The van der Waals surface area contributed by atoms with Crippen LogP contribution in [0, 0.1) is 13.5 Å². The summed E-state index contributed by atoms with van der Waals surface area (Å²) in [7, 11) is 0. The SMILES string of the molecule is [C-]#[N+]/C(=C\c1ccc(C(=O)N[C@@H](CCSC)C(=O)O)c(-c2ccccc2C)c1)c1cccnc1. The molecule has 1 aromatic heterocycles. The van der Waals surface area contributed by atoms with Crippen molar-refractivity contribution in [3.05, 3.63) is 101 Å². The molecule has 0 spiro atoms. The number of nitrogens with zero attached hydrogens (tertiary/aromatic N) is 2. The predicted octanol–water partition coefficient (Wildman–Crippen LogP) is 5.41. The molecule has 1 amide bonds. The monoisotopic (exact) mass is 471 g/mol. The summed E-state index contributed by atoms with van der Waals surface area (Å²) >= 11 is 1.53. The van der Waals surface area contributed by atoms with Crippen LogP contribution >= 0.6 is 11.8 Å². The van der Waals surface area contributed by atoms with Crippen LogP contribution in [0.2, 0.25) is 0 Å². The molecule has 0 aliphatic heterocycles. The summed E-state index contributed by atoms with van der Waals surface area (Å²) in [5.41, 5.74) is 4.79. The van der Waals surface area contributed by atoms with E-state index < -0.39 is 17.9 Å². The van der Waals surface area contributed by atoms with E-state index in [2.05, 4.69) is 15.1 Å². The predicted molar refractivity (Wildman–Crippen MR) is 137 cm³/mol. The van der Waals surface area contributed by atoms with Gasteiger partial charge in [-0.1, -0.05) is 36.4 Å². The van der Waals surface area contributed by atoms with Gasteiger partial charge in [-0.3, -0.25) is 9.78 Å². The Balaban J connectivity index is 2.06. The summed E-state index contributed by atoms with van der Waals surface area (Å²) in [5.74, 6) is -0.878. The number of nitrogens with one attached hydrogen (secondary N) is 1. The first-order chi connectivity index (χ1) is 16.4. The number of benzene rings is 2. The minimum Gasteiger partial charge on any atom is -0.480 e. The molecule has 0 bridgehead atoms. The van der Waals surface area contributed by atoms with Crippen molar-refractivity contribution < 1.29 is 14.7 Å². The van der Waals surface area contributed by atoms with E-state index in [1.54, 1.807) is 36.7 Å². The lowest BCUT2D eigenvalue weighted by Crippen LogP contribution is -2.41. The van der Waals surface area contributed by atoms with Crippen LogP contribution in [-0.4, -0.2) is 40.0 Å². The fourth-order valence-electron chi connectivity index (χ4n) is 3.53. The normalized spacial score (nSPS) is 12.0. The van der Waals surface area contributed by atoms with E-state index in [1.807, 2.05) is 49.6 Å². The highest BCUT2D eigenvalue weighted by Crippen LogP contribution is 2.30. The van der Waals surface area contributed by atoms with E-state index in [1.165, 1.54) is 11.8 Å². The number of carboxylic acids is 1.